The Hall–Kier alpha value is -0.250. The molecule has 1 aliphatic rings. The van der Waals surface area contributed by atoms with Crippen LogP contribution in [-0.2, 0) is 29.1 Å². The Morgan fingerprint density at radius 2 is 1.56 bits per heavy atom. The van der Waals surface area contributed by atoms with Gasteiger partial charge < -0.3 is 23.5 Å². The molecule has 1 rings (SSSR count). The van der Waals surface area contributed by atoms with E-state index in [4.69, 9.17) is 18.9 Å². The second-order valence-corrected chi connectivity index (χ2v) is 9.01. The molecule has 0 bridgehead atoms. The molecular formula is C19H37O7S-. The Labute approximate surface area is 164 Å². The lowest BCUT2D eigenvalue weighted by molar-refractivity contribution is -0.294. The minimum atomic E-state index is -4.18. The van der Waals surface area contributed by atoms with E-state index in [0.717, 1.165) is 13.0 Å². The zero-order chi connectivity index (χ0) is 20.0. The molecule has 0 aromatic carbocycles. The van der Waals surface area contributed by atoms with E-state index in [2.05, 4.69) is 6.92 Å². The topological polar surface area (TPSA) is 94.1 Å². The minimum Gasteiger partial charge on any atom is -0.748 e. The van der Waals surface area contributed by atoms with Gasteiger partial charge in [-0.05, 0) is 19.8 Å². The van der Waals surface area contributed by atoms with Crippen LogP contribution in [0.5, 0.6) is 0 Å². The van der Waals surface area contributed by atoms with Crippen molar-refractivity contribution in [2.24, 2.45) is 5.92 Å². The van der Waals surface area contributed by atoms with Crippen molar-refractivity contribution in [3.8, 4) is 0 Å². The molecule has 0 amide bonds. The van der Waals surface area contributed by atoms with Crippen LogP contribution in [0.3, 0.4) is 0 Å². The molecule has 1 saturated heterocycles. The average molecular weight is 410 g/mol. The van der Waals surface area contributed by atoms with Crippen LogP contribution in [0.15, 0.2) is 0 Å². The van der Waals surface area contributed by atoms with E-state index in [0.29, 0.717) is 19.8 Å². The molecule has 0 aromatic rings. The zero-order valence-electron chi connectivity index (χ0n) is 16.9. The first-order chi connectivity index (χ1) is 12.8. The van der Waals surface area contributed by atoms with Crippen LogP contribution >= 0.6 is 0 Å². The molecule has 1 heterocycles. The van der Waals surface area contributed by atoms with Crippen LogP contribution in [0.1, 0.15) is 65.2 Å². The Balaban J connectivity index is 1.98. The van der Waals surface area contributed by atoms with Crippen LogP contribution in [0, 0.1) is 5.92 Å². The van der Waals surface area contributed by atoms with Crippen LogP contribution in [0.25, 0.3) is 0 Å². The summed E-state index contributed by atoms with van der Waals surface area (Å²) in [6, 6.07) is 0. The summed E-state index contributed by atoms with van der Waals surface area (Å²) >= 11 is 0. The molecule has 27 heavy (non-hydrogen) atoms. The number of hydrogen-bond donors (Lipinski definition) is 0. The molecule has 0 radical (unpaired) electrons. The fraction of sp³-hybridized carbons (Fsp3) is 1.00. The van der Waals surface area contributed by atoms with E-state index in [1.165, 1.54) is 38.5 Å². The number of unbranched alkanes of at least 4 members (excludes halogenated alkanes) is 6. The second-order valence-electron chi connectivity index (χ2n) is 7.49. The Bertz CT molecular complexity index is 459. The fourth-order valence-corrected chi connectivity index (χ4v) is 3.34. The van der Waals surface area contributed by atoms with Crippen molar-refractivity contribution in [2.45, 2.75) is 71.0 Å². The highest BCUT2D eigenvalue weighted by Crippen LogP contribution is 2.22. The highest BCUT2D eigenvalue weighted by molar-refractivity contribution is 7.85. The summed E-state index contributed by atoms with van der Waals surface area (Å²) in [6.45, 7) is 6.94. The third-order valence-corrected chi connectivity index (χ3v) is 5.33. The van der Waals surface area contributed by atoms with Gasteiger partial charge in [0.25, 0.3) is 0 Å². The van der Waals surface area contributed by atoms with Crippen molar-refractivity contribution < 1.29 is 31.9 Å². The van der Waals surface area contributed by atoms with Gasteiger partial charge in [0.05, 0.1) is 29.9 Å². The monoisotopic (exact) mass is 409 g/mol. The van der Waals surface area contributed by atoms with Crippen molar-refractivity contribution in [1.82, 2.24) is 0 Å². The first-order valence-corrected chi connectivity index (χ1v) is 11.8. The Kier molecular flexibility index (Phi) is 12.7. The van der Waals surface area contributed by atoms with Gasteiger partial charge in [-0.3, -0.25) is 0 Å². The Morgan fingerprint density at radius 1 is 0.963 bits per heavy atom. The van der Waals surface area contributed by atoms with Gasteiger partial charge in [-0.15, -0.1) is 0 Å². The molecule has 0 unspecified atom stereocenters. The number of rotatable bonds is 16. The number of ether oxygens (including phenoxy) is 4. The van der Waals surface area contributed by atoms with E-state index in [9.17, 15) is 13.0 Å². The van der Waals surface area contributed by atoms with E-state index in [1.54, 1.807) is 6.92 Å². The zero-order valence-corrected chi connectivity index (χ0v) is 17.8. The highest BCUT2D eigenvalue weighted by Gasteiger charge is 2.33. The maximum Gasteiger partial charge on any atom is 0.188 e. The third-order valence-electron chi connectivity index (χ3n) is 4.54. The average Bonchev–Trinajstić information content (AvgIpc) is 2.61. The summed E-state index contributed by atoms with van der Waals surface area (Å²) in [5.41, 5.74) is 0. The summed E-state index contributed by atoms with van der Waals surface area (Å²) < 4.78 is 54.2. The molecule has 0 atom stereocenters. The predicted octanol–water partition coefficient (Wildman–Crippen LogP) is 3.08. The van der Waals surface area contributed by atoms with Gasteiger partial charge in [0.2, 0.25) is 0 Å². The van der Waals surface area contributed by atoms with Crippen molar-refractivity contribution in [3.05, 3.63) is 0 Å². The Morgan fingerprint density at radius 3 is 2.19 bits per heavy atom. The van der Waals surface area contributed by atoms with Crippen LogP contribution in [0.4, 0.5) is 0 Å². The van der Waals surface area contributed by atoms with Gasteiger partial charge in [-0.25, -0.2) is 8.42 Å². The van der Waals surface area contributed by atoms with Crippen LogP contribution < -0.4 is 0 Å². The molecule has 0 spiro atoms. The highest BCUT2D eigenvalue weighted by atomic mass is 32.2. The molecule has 8 heteroatoms. The van der Waals surface area contributed by atoms with Gasteiger partial charge in [0, 0.05) is 24.9 Å². The van der Waals surface area contributed by atoms with E-state index >= 15 is 0 Å². The summed E-state index contributed by atoms with van der Waals surface area (Å²) in [7, 11) is -4.18. The van der Waals surface area contributed by atoms with Crippen molar-refractivity contribution in [1.29, 1.82) is 0 Å². The van der Waals surface area contributed by atoms with Crippen molar-refractivity contribution in [3.63, 3.8) is 0 Å². The normalized spacial score (nSPS) is 23.6. The molecule has 162 valence electrons. The molecular weight excluding hydrogens is 372 g/mol. The van der Waals surface area contributed by atoms with Gasteiger partial charge in [0.15, 0.2) is 5.79 Å². The van der Waals surface area contributed by atoms with Gasteiger partial charge >= 0.3 is 0 Å². The molecule has 0 aromatic heterocycles. The molecule has 7 nitrogen and oxygen atoms in total. The first kappa shape index (κ1) is 24.8. The fourth-order valence-electron chi connectivity index (χ4n) is 2.86. The van der Waals surface area contributed by atoms with E-state index in [-0.39, 0.29) is 25.6 Å². The van der Waals surface area contributed by atoms with Crippen LogP contribution in [0.2, 0.25) is 0 Å². The quantitative estimate of drug-likeness (QED) is 0.285. The van der Waals surface area contributed by atoms with Gasteiger partial charge in [0.1, 0.15) is 6.61 Å². The lowest BCUT2D eigenvalue weighted by Crippen LogP contribution is -2.46. The lowest BCUT2D eigenvalue weighted by atomic mass is 10.1. The first-order valence-electron chi connectivity index (χ1n) is 10.2. The molecule has 0 aliphatic carbocycles. The predicted molar refractivity (Wildman–Crippen MR) is 103 cm³/mol. The standard InChI is InChI=1S/C19H38O7S/c1-3-4-5-6-7-8-9-11-23-14-18-15-25-19(2,26-16-18)17-24-12-10-13-27(20,21)22/h18H,3-17H2,1-2H3,(H,20,21,22)/p-1. The summed E-state index contributed by atoms with van der Waals surface area (Å²) in [4.78, 5) is 0. The summed E-state index contributed by atoms with van der Waals surface area (Å²) in [5.74, 6) is -1.03. The van der Waals surface area contributed by atoms with Crippen LogP contribution in [-0.4, -0.2) is 64.2 Å². The molecule has 1 fully saturated rings. The molecule has 0 saturated carbocycles. The minimum absolute atomic E-state index is 0.178. The maximum absolute atomic E-state index is 10.5. The van der Waals surface area contributed by atoms with E-state index < -0.39 is 21.7 Å². The van der Waals surface area contributed by atoms with Gasteiger partial charge in [-0.2, -0.15) is 0 Å². The summed E-state index contributed by atoms with van der Waals surface area (Å²) in [6.07, 6.45) is 9.08. The molecule has 1 aliphatic heterocycles. The third kappa shape index (κ3) is 13.5. The van der Waals surface area contributed by atoms with Crippen molar-refractivity contribution >= 4 is 10.1 Å². The maximum atomic E-state index is 10.5. The summed E-state index contributed by atoms with van der Waals surface area (Å²) in [5, 5.41) is 0. The SMILES string of the molecule is CCCCCCCCCOCC1COC(C)(COCCCS(=O)(=O)[O-])OC1. The largest absolute Gasteiger partial charge is 0.748 e. The smallest absolute Gasteiger partial charge is 0.188 e. The van der Waals surface area contributed by atoms with Gasteiger partial charge in [-0.1, -0.05) is 45.4 Å². The molecule has 0 N–H and O–H groups in total. The lowest BCUT2D eigenvalue weighted by Gasteiger charge is -2.37. The van der Waals surface area contributed by atoms with Crippen molar-refractivity contribution in [2.75, 3.05) is 45.4 Å². The number of hydrogen-bond acceptors (Lipinski definition) is 7. The van der Waals surface area contributed by atoms with E-state index in [1.807, 2.05) is 0 Å². The second kappa shape index (κ2) is 13.8.